The monoisotopic (exact) mass is 407 g/mol. The summed E-state index contributed by atoms with van der Waals surface area (Å²) in [5.74, 6) is -0.522. The number of hydrogen-bond acceptors (Lipinski definition) is 4. The lowest BCUT2D eigenvalue weighted by Crippen LogP contribution is -2.39. The zero-order chi connectivity index (χ0) is 18.3. The molecule has 2 N–H and O–H groups in total. The van der Waals surface area contributed by atoms with Gasteiger partial charge in [0.25, 0.3) is 5.91 Å². The van der Waals surface area contributed by atoms with E-state index in [-0.39, 0.29) is 34.9 Å². The number of halogens is 2. The first-order valence-corrected chi connectivity index (χ1v) is 8.93. The molecule has 27 heavy (non-hydrogen) atoms. The number of benzene rings is 1. The summed E-state index contributed by atoms with van der Waals surface area (Å²) in [6, 6.07) is 8.81. The van der Waals surface area contributed by atoms with Crippen LogP contribution in [-0.4, -0.2) is 52.5 Å². The first-order chi connectivity index (χ1) is 12.5. The third kappa shape index (κ3) is 3.65. The number of aromatic carboxylic acids is 1. The van der Waals surface area contributed by atoms with E-state index in [0.29, 0.717) is 22.7 Å². The van der Waals surface area contributed by atoms with Crippen LogP contribution in [0.15, 0.2) is 36.5 Å². The zero-order valence-electron chi connectivity index (χ0n) is 14.4. The number of carbonyl (C=O) groups excluding carboxylic acids is 1. The van der Waals surface area contributed by atoms with Crippen LogP contribution in [0.1, 0.15) is 27.1 Å². The van der Waals surface area contributed by atoms with Crippen LogP contribution in [0.2, 0.25) is 5.02 Å². The zero-order valence-corrected chi connectivity index (χ0v) is 16.0. The topological polar surface area (TPSA) is 82.5 Å². The summed E-state index contributed by atoms with van der Waals surface area (Å²) in [6.45, 7) is 2.61. The number of pyridine rings is 1. The van der Waals surface area contributed by atoms with Gasteiger partial charge in [0, 0.05) is 43.0 Å². The van der Waals surface area contributed by atoms with Crippen molar-refractivity contribution in [3.63, 3.8) is 0 Å². The Morgan fingerprint density at radius 1 is 1.22 bits per heavy atom. The van der Waals surface area contributed by atoms with Gasteiger partial charge in [-0.3, -0.25) is 9.78 Å². The lowest BCUT2D eigenvalue weighted by molar-refractivity contribution is 0.0694. The van der Waals surface area contributed by atoms with Crippen LogP contribution in [0.5, 0.6) is 0 Å². The molecule has 2 aliphatic rings. The van der Waals surface area contributed by atoms with Crippen molar-refractivity contribution in [2.45, 2.75) is 12.5 Å². The Bertz CT molecular complexity index is 890. The van der Waals surface area contributed by atoms with Crippen LogP contribution in [0.4, 0.5) is 0 Å². The molecule has 1 aromatic heterocycles. The molecule has 2 aromatic rings. The number of carboxylic acids is 1. The van der Waals surface area contributed by atoms with Crippen LogP contribution in [0.3, 0.4) is 0 Å². The number of nitrogens with zero attached hydrogens (tertiary/aromatic N) is 2. The van der Waals surface area contributed by atoms with E-state index in [1.54, 1.807) is 18.2 Å². The number of fused-ring (bicyclic) bond motifs is 1. The van der Waals surface area contributed by atoms with Crippen molar-refractivity contribution in [2.75, 3.05) is 19.6 Å². The molecule has 0 unspecified atom stereocenters. The molecule has 1 amide bonds. The number of carboxylic acid groups (broad SMARTS) is 1. The molecule has 2 aliphatic heterocycles. The van der Waals surface area contributed by atoms with Gasteiger partial charge in [0.15, 0.2) is 0 Å². The van der Waals surface area contributed by atoms with Crippen LogP contribution in [0.25, 0.3) is 11.3 Å². The number of carbonyl (C=O) groups is 2. The first kappa shape index (κ1) is 19.6. The Hall–Kier alpha value is -2.15. The summed E-state index contributed by atoms with van der Waals surface area (Å²) in [5, 5.41) is 12.6. The molecule has 3 heterocycles. The van der Waals surface area contributed by atoms with Crippen LogP contribution in [0, 0.1) is 5.92 Å². The molecule has 0 saturated carbocycles. The minimum absolute atomic E-state index is 0. The van der Waals surface area contributed by atoms with Crippen LogP contribution in [-0.2, 0) is 0 Å². The Morgan fingerprint density at radius 2 is 2.04 bits per heavy atom. The van der Waals surface area contributed by atoms with Crippen molar-refractivity contribution in [1.82, 2.24) is 15.2 Å². The van der Waals surface area contributed by atoms with Gasteiger partial charge in [0.05, 0.1) is 16.3 Å². The van der Waals surface area contributed by atoms with E-state index >= 15 is 0 Å². The molecule has 1 aromatic carbocycles. The highest BCUT2D eigenvalue weighted by Crippen LogP contribution is 2.30. The van der Waals surface area contributed by atoms with Crippen molar-refractivity contribution < 1.29 is 14.7 Å². The summed E-state index contributed by atoms with van der Waals surface area (Å²) in [4.78, 5) is 30.1. The predicted octanol–water partition coefficient (Wildman–Crippen LogP) is 2.96. The van der Waals surface area contributed by atoms with Gasteiger partial charge in [0.2, 0.25) is 0 Å². The number of aromatic nitrogens is 1. The molecule has 0 aliphatic carbocycles. The molecule has 0 radical (unpaired) electrons. The van der Waals surface area contributed by atoms with Gasteiger partial charge in [0.1, 0.15) is 0 Å². The summed E-state index contributed by atoms with van der Waals surface area (Å²) in [5.41, 5.74) is 1.78. The molecule has 8 heteroatoms. The first-order valence-electron chi connectivity index (χ1n) is 8.55. The highest BCUT2D eigenvalue weighted by Gasteiger charge is 2.40. The molecular formula is C19H19Cl2N3O3. The van der Waals surface area contributed by atoms with E-state index in [1.807, 2.05) is 11.0 Å². The van der Waals surface area contributed by atoms with Crippen molar-refractivity contribution in [3.8, 4) is 11.3 Å². The molecular weight excluding hydrogens is 389 g/mol. The van der Waals surface area contributed by atoms with Gasteiger partial charge in [-0.2, -0.15) is 0 Å². The Kier molecular flexibility index (Phi) is 5.69. The van der Waals surface area contributed by atoms with Crippen LogP contribution >= 0.6 is 24.0 Å². The number of rotatable bonds is 3. The Balaban J connectivity index is 0.00000210. The van der Waals surface area contributed by atoms with Gasteiger partial charge < -0.3 is 15.3 Å². The second kappa shape index (κ2) is 7.84. The van der Waals surface area contributed by atoms with E-state index in [9.17, 15) is 9.59 Å². The average Bonchev–Trinajstić information content (AvgIpc) is 3.24. The van der Waals surface area contributed by atoms with E-state index in [1.165, 1.54) is 12.3 Å². The predicted molar refractivity (Wildman–Crippen MR) is 105 cm³/mol. The van der Waals surface area contributed by atoms with Gasteiger partial charge >= 0.3 is 5.97 Å². The lowest BCUT2D eigenvalue weighted by atomic mass is 10.0. The third-order valence-corrected chi connectivity index (χ3v) is 5.47. The number of amides is 1. The molecule has 2 fully saturated rings. The highest BCUT2D eigenvalue weighted by molar-refractivity contribution is 6.33. The molecule has 142 valence electrons. The second-order valence-corrected chi connectivity index (χ2v) is 7.12. The van der Waals surface area contributed by atoms with Crippen LogP contribution < -0.4 is 5.32 Å². The van der Waals surface area contributed by atoms with E-state index < -0.39 is 5.97 Å². The number of likely N-dealkylation sites (tertiary alicyclic amines) is 1. The fourth-order valence-electron chi connectivity index (χ4n) is 3.83. The maximum atomic E-state index is 13.0. The molecule has 4 rings (SSSR count). The number of hydrogen-bond donors (Lipinski definition) is 2. The largest absolute Gasteiger partial charge is 0.478 e. The lowest BCUT2D eigenvalue weighted by Gasteiger charge is -2.23. The quantitative estimate of drug-likeness (QED) is 0.816. The third-order valence-electron chi connectivity index (χ3n) is 5.18. The highest BCUT2D eigenvalue weighted by atomic mass is 35.5. The van der Waals surface area contributed by atoms with Crippen molar-refractivity contribution >= 4 is 35.9 Å². The summed E-state index contributed by atoms with van der Waals surface area (Å²) < 4.78 is 0. The smallest absolute Gasteiger partial charge is 0.337 e. The fraction of sp³-hybridized carbons (Fsp3) is 0.316. The minimum atomic E-state index is -1.08. The summed E-state index contributed by atoms with van der Waals surface area (Å²) >= 11 is 6.21. The van der Waals surface area contributed by atoms with E-state index in [2.05, 4.69) is 10.3 Å². The molecule has 0 spiro atoms. The van der Waals surface area contributed by atoms with Crippen molar-refractivity contribution in [3.05, 3.63) is 52.7 Å². The summed E-state index contributed by atoms with van der Waals surface area (Å²) in [7, 11) is 0. The van der Waals surface area contributed by atoms with Gasteiger partial charge in [-0.1, -0.05) is 23.7 Å². The van der Waals surface area contributed by atoms with Gasteiger partial charge in [-0.15, -0.1) is 12.4 Å². The second-order valence-electron chi connectivity index (χ2n) is 6.71. The minimum Gasteiger partial charge on any atom is -0.478 e. The van der Waals surface area contributed by atoms with E-state index in [4.69, 9.17) is 16.7 Å². The summed E-state index contributed by atoms with van der Waals surface area (Å²) in [6.07, 6.45) is 2.31. The Labute approximate surface area is 167 Å². The van der Waals surface area contributed by atoms with Gasteiger partial charge in [-0.25, -0.2) is 4.79 Å². The Morgan fingerprint density at radius 3 is 2.78 bits per heavy atom. The fourth-order valence-corrected chi connectivity index (χ4v) is 4.11. The number of nitrogens with one attached hydrogen (secondary N) is 1. The molecule has 2 saturated heterocycles. The SMILES string of the molecule is Cl.O=C(O)c1cnc(-c2cccc(C(=O)N3CC[C@H]4CNC[C@H]43)c2)c(Cl)c1. The standard InChI is InChI=1S/C19H18ClN3O3.ClH/c20-15-7-14(19(25)26)9-22-17(15)11-2-1-3-12(6-11)18(24)23-5-4-13-8-21-10-16(13)23;/h1-3,6-7,9,13,16,21H,4-5,8,10H2,(H,25,26);1H/t13-,16+;/m0./s1. The average molecular weight is 408 g/mol. The molecule has 2 atom stereocenters. The van der Waals surface area contributed by atoms with E-state index in [0.717, 1.165) is 26.1 Å². The van der Waals surface area contributed by atoms with Crippen molar-refractivity contribution in [1.29, 1.82) is 0 Å². The maximum absolute atomic E-state index is 13.0. The normalized spacial score (nSPS) is 20.9. The molecule has 6 nitrogen and oxygen atoms in total. The molecule has 0 bridgehead atoms. The maximum Gasteiger partial charge on any atom is 0.337 e. The van der Waals surface area contributed by atoms with Crippen molar-refractivity contribution in [2.24, 2.45) is 5.92 Å². The van der Waals surface area contributed by atoms with Gasteiger partial charge in [-0.05, 0) is 30.5 Å².